The lowest BCUT2D eigenvalue weighted by Crippen LogP contribution is -2.62. The summed E-state index contributed by atoms with van der Waals surface area (Å²) in [4.78, 5) is 77.6. The number of carbonyl (C=O) groups excluding carboxylic acids is 5. The summed E-state index contributed by atoms with van der Waals surface area (Å²) in [6.45, 7) is 19.2. The molecule has 5 heterocycles. The van der Waals surface area contributed by atoms with Gasteiger partial charge in [-0.25, -0.2) is 5.43 Å². The molecule has 15 heteroatoms. The minimum Gasteiger partial charge on any atom is -0.508 e. The monoisotopic (exact) mass is 919 g/mol. The number of phenols is 1. The number of aromatic nitrogens is 2. The van der Waals surface area contributed by atoms with Gasteiger partial charge in [0.05, 0.1) is 24.5 Å². The molecule has 2 aromatic heterocycles. The molecule has 15 nitrogen and oxygen atoms in total. The van der Waals surface area contributed by atoms with Crippen molar-refractivity contribution in [2.45, 2.75) is 131 Å². The van der Waals surface area contributed by atoms with E-state index in [4.69, 9.17) is 9.72 Å². The number of likely N-dealkylation sites (N-methyl/N-ethyl adjacent to an activating group) is 2. The molecule has 2 fully saturated rings. The number of fused-ring (bicyclic) bond motifs is 6. The molecule has 6 bridgehead atoms. The molecule has 4 N–H and O–H groups in total. The Morgan fingerprint density at radius 3 is 2.43 bits per heavy atom. The molecule has 4 aromatic rings. The van der Waals surface area contributed by atoms with Crippen LogP contribution in [0.25, 0.3) is 33.3 Å². The molecule has 5 atom stereocenters. The number of ether oxygens (including phenoxy) is 1. The Morgan fingerprint density at radius 2 is 1.76 bits per heavy atom. The van der Waals surface area contributed by atoms with Gasteiger partial charge in [0.1, 0.15) is 29.9 Å². The number of aryl methyl sites for hydroxylation is 1. The van der Waals surface area contributed by atoms with Crippen LogP contribution in [0.5, 0.6) is 5.75 Å². The lowest BCUT2D eigenvalue weighted by molar-refractivity contribution is -0.155. The Morgan fingerprint density at radius 1 is 1.01 bits per heavy atom. The minimum atomic E-state index is -1.17. The Bertz CT molecular complexity index is 2530. The number of amides is 4. The zero-order chi connectivity index (χ0) is 48.6. The van der Waals surface area contributed by atoms with Gasteiger partial charge < -0.3 is 29.5 Å². The molecule has 2 aromatic carbocycles. The van der Waals surface area contributed by atoms with E-state index in [2.05, 4.69) is 73.4 Å². The van der Waals surface area contributed by atoms with Gasteiger partial charge in [0.2, 0.25) is 17.7 Å². The SMILES string of the molecule is CCn1c(-c2cccnc2C(C)C)c2c3cc(ccc31)-c1cc(O)cc(c1)C[C@H](NC(=O)[C@H](C(C)C)N(C)C(=O)CN(C)C(=O)[C@H]1N[C@H]1C(C)C)C(=O)N1CCC[C@H](N1)C(=O)OCC(C)(C)C2. The first-order valence-electron chi connectivity index (χ1n) is 23.9. The van der Waals surface area contributed by atoms with Crippen molar-refractivity contribution < 1.29 is 33.8 Å². The molecule has 3 aliphatic heterocycles. The second-order valence-electron chi connectivity index (χ2n) is 20.6. The van der Waals surface area contributed by atoms with Gasteiger partial charge in [0.15, 0.2) is 0 Å². The highest BCUT2D eigenvalue weighted by Crippen LogP contribution is 2.42. The molecule has 7 rings (SSSR count). The van der Waals surface area contributed by atoms with Crippen molar-refractivity contribution in [1.29, 1.82) is 0 Å². The molecular weight excluding hydrogens is 849 g/mol. The van der Waals surface area contributed by atoms with E-state index in [-0.39, 0.29) is 67.6 Å². The molecular formula is C52H70N8O7. The van der Waals surface area contributed by atoms with Crippen LogP contribution in [0.15, 0.2) is 54.7 Å². The number of esters is 1. The van der Waals surface area contributed by atoms with E-state index in [0.717, 1.165) is 44.5 Å². The molecule has 0 saturated carbocycles. The predicted octanol–water partition coefficient (Wildman–Crippen LogP) is 5.81. The number of nitrogens with one attached hydrogen (secondary N) is 3. The molecule has 0 radical (unpaired) electrons. The smallest absolute Gasteiger partial charge is 0.324 e. The minimum absolute atomic E-state index is 0.00582. The first-order valence-corrected chi connectivity index (χ1v) is 23.9. The Labute approximate surface area is 395 Å². The summed E-state index contributed by atoms with van der Waals surface area (Å²) >= 11 is 0. The summed E-state index contributed by atoms with van der Waals surface area (Å²) in [5.74, 6) is -2.07. The van der Waals surface area contributed by atoms with Crippen LogP contribution in [0.4, 0.5) is 0 Å². The largest absolute Gasteiger partial charge is 0.508 e. The highest BCUT2D eigenvalue weighted by molar-refractivity contribution is 5.96. The van der Waals surface area contributed by atoms with Gasteiger partial charge >= 0.3 is 5.97 Å². The van der Waals surface area contributed by atoms with Gasteiger partial charge in [-0.15, -0.1) is 0 Å². The number of hydrogen-bond acceptors (Lipinski definition) is 10. The number of cyclic esters (lactones) is 1. The third-order valence-corrected chi connectivity index (χ3v) is 13.6. The first kappa shape index (κ1) is 49.1. The summed E-state index contributed by atoms with van der Waals surface area (Å²) < 4.78 is 8.44. The van der Waals surface area contributed by atoms with Crippen LogP contribution in [0.2, 0.25) is 0 Å². The fraction of sp³-hybridized carbons (Fsp3) is 0.538. The molecule has 4 amide bonds. The third kappa shape index (κ3) is 10.5. The summed E-state index contributed by atoms with van der Waals surface area (Å²) in [5.41, 5.74) is 10.0. The Hall–Kier alpha value is -5.80. The van der Waals surface area contributed by atoms with Crippen LogP contribution < -0.4 is 16.1 Å². The van der Waals surface area contributed by atoms with Crippen LogP contribution in [-0.4, -0.2) is 123 Å². The fourth-order valence-corrected chi connectivity index (χ4v) is 10.0. The van der Waals surface area contributed by atoms with Crippen molar-refractivity contribution in [2.24, 2.45) is 17.3 Å². The number of nitrogens with zero attached hydrogens (tertiary/aromatic N) is 5. The van der Waals surface area contributed by atoms with Gasteiger partial charge in [0, 0.05) is 67.7 Å². The van der Waals surface area contributed by atoms with Gasteiger partial charge in [0.25, 0.3) is 5.91 Å². The maximum Gasteiger partial charge on any atom is 0.324 e. The molecule has 360 valence electrons. The number of pyridine rings is 1. The summed E-state index contributed by atoms with van der Waals surface area (Å²) in [6.07, 6.45) is 3.35. The average molecular weight is 919 g/mol. The normalized spacial score (nSPS) is 21.3. The van der Waals surface area contributed by atoms with Gasteiger partial charge in [-0.05, 0) is 103 Å². The van der Waals surface area contributed by atoms with Gasteiger partial charge in [-0.1, -0.05) is 67.5 Å². The van der Waals surface area contributed by atoms with Crippen LogP contribution in [-0.2, 0) is 48.1 Å². The van der Waals surface area contributed by atoms with Crippen molar-refractivity contribution in [3.05, 3.63) is 71.5 Å². The highest BCUT2D eigenvalue weighted by atomic mass is 16.5. The fourth-order valence-electron chi connectivity index (χ4n) is 10.0. The summed E-state index contributed by atoms with van der Waals surface area (Å²) in [5, 5.41) is 19.9. The van der Waals surface area contributed by atoms with Crippen molar-refractivity contribution in [3.63, 3.8) is 0 Å². The quantitative estimate of drug-likeness (QED) is 0.106. The zero-order valence-corrected chi connectivity index (χ0v) is 41.1. The maximum absolute atomic E-state index is 14.7. The molecule has 0 spiro atoms. The van der Waals surface area contributed by atoms with Crippen molar-refractivity contribution in [2.75, 3.05) is 33.8 Å². The lowest BCUT2D eigenvalue weighted by atomic mass is 9.83. The van der Waals surface area contributed by atoms with E-state index in [0.29, 0.717) is 31.4 Å². The van der Waals surface area contributed by atoms with Gasteiger partial charge in [-0.3, -0.25) is 39.3 Å². The number of carbonyl (C=O) groups is 5. The lowest BCUT2D eigenvalue weighted by Gasteiger charge is -2.37. The van der Waals surface area contributed by atoms with Crippen molar-refractivity contribution in [1.82, 2.24) is 40.4 Å². The standard InChI is InChI=1S/C52H70N8O7/c1-12-59-41-18-17-33-25-37(41)38(47(59)36-15-13-19-53-43(36)29(2)3)26-52(8,9)28-67-51(66)39-16-14-20-60(56-39)49(64)40(23-32-21-34(33)24-35(61)22-32)54-48(63)46(31(6)7)58(11)42(62)27-57(10)50(65)45-44(55-45)30(4)5/h13,15,17-19,21-22,24-25,29-31,39-40,44-46,55-56,61H,12,14,16,20,23,26-28H2,1-11H3,(H,54,63)/t39-,40-,44-,45-,46-/m0/s1. The number of benzene rings is 2. The van der Waals surface area contributed by atoms with E-state index < -0.39 is 47.2 Å². The van der Waals surface area contributed by atoms with E-state index in [1.165, 1.54) is 21.9 Å². The van der Waals surface area contributed by atoms with Crippen LogP contribution in [0.1, 0.15) is 97.9 Å². The third-order valence-electron chi connectivity index (χ3n) is 13.6. The van der Waals surface area contributed by atoms with E-state index in [1.807, 2.05) is 52.1 Å². The molecule has 0 unspecified atom stereocenters. The van der Waals surface area contributed by atoms with Crippen LogP contribution in [0, 0.1) is 17.3 Å². The van der Waals surface area contributed by atoms with Crippen molar-refractivity contribution in [3.8, 4) is 28.1 Å². The average Bonchev–Trinajstić information content (AvgIpc) is 4.04. The topological polar surface area (TPSA) is 188 Å². The van der Waals surface area contributed by atoms with Crippen LogP contribution >= 0.6 is 0 Å². The molecule has 0 aliphatic carbocycles. The zero-order valence-electron chi connectivity index (χ0n) is 41.1. The summed E-state index contributed by atoms with van der Waals surface area (Å²) in [7, 11) is 3.12. The predicted molar refractivity (Wildman–Crippen MR) is 259 cm³/mol. The van der Waals surface area contributed by atoms with E-state index in [9.17, 15) is 29.1 Å². The molecule has 2 saturated heterocycles. The van der Waals surface area contributed by atoms with Gasteiger partial charge in [-0.2, -0.15) is 0 Å². The molecule has 3 aliphatic rings. The number of aromatic hydroxyl groups is 1. The maximum atomic E-state index is 14.7. The molecule has 67 heavy (non-hydrogen) atoms. The highest BCUT2D eigenvalue weighted by Gasteiger charge is 2.46. The van der Waals surface area contributed by atoms with Crippen LogP contribution in [0.3, 0.4) is 0 Å². The second kappa shape index (κ2) is 19.8. The number of rotatable bonds is 11. The van der Waals surface area contributed by atoms with Crippen molar-refractivity contribution >= 4 is 40.5 Å². The number of hydrazine groups is 1. The Balaban J connectivity index is 1.27. The van der Waals surface area contributed by atoms with E-state index in [1.54, 1.807) is 19.2 Å². The summed E-state index contributed by atoms with van der Waals surface area (Å²) in [6, 6.07) is 12.3. The van der Waals surface area contributed by atoms with E-state index >= 15 is 0 Å². The second-order valence-corrected chi connectivity index (χ2v) is 20.6. The Kier molecular flexibility index (Phi) is 14.5. The number of hydrogen-bond donors (Lipinski definition) is 4. The number of phenolic OH excluding ortho intramolecular Hbond substituents is 1. The first-order chi connectivity index (χ1) is 31.7.